The highest BCUT2D eigenvalue weighted by molar-refractivity contribution is 7.90. The Balaban J connectivity index is 2.29. The smallest absolute Gasteiger partial charge is 0.175 e. The second-order valence-electron chi connectivity index (χ2n) is 5.77. The van der Waals surface area contributed by atoms with Crippen LogP contribution in [0.3, 0.4) is 0 Å². The van der Waals surface area contributed by atoms with Crippen LogP contribution in [0.25, 0.3) is 0 Å². The first-order valence-corrected chi connectivity index (χ1v) is 9.18. The fourth-order valence-electron chi connectivity index (χ4n) is 2.98. The molecule has 1 unspecified atom stereocenters. The van der Waals surface area contributed by atoms with Gasteiger partial charge in [-0.05, 0) is 36.4 Å². The molecular formula is C17H19NO4S. The summed E-state index contributed by atoms with van der Waals surface area (Å²) in [7, 11) is -1.62. The SMILES string of the molecule is CNCC1(O)c2cc(S(C)(=O)=O)ccc2COc2ccccc21. The monoisotopic (exact) mass is 333 g/mol. The second-order valence-corrected chi connectivity index (χ2v) is 7.78. The van der Waals surface area contributed by atoms with Crippen LogP contribution in [0.4, 0.5) is 0 Å². The van der Waals surface area contributed by atoms with E-state index in [2.05, 4.69) is 5.32 Å². The summed E-state index contributed by atoms with van der Waals surface area (Å²) in [4.78, 5) is 0.185. The lowest BCUT2D eigenvalue weighted by molar-refractivity contribution is 0.0813. The Labute approximate surface area is 135 Å². The fraction of sp³-hybridized carbons (Fsp3) is 0.294. The third kappa shape index (κ3) is 2.73. The fourth-order valence-corrected chi connectivity index (χ4v) is 3.63. The molecule has 23 heavy (non-hydrogen) atoms. The van der Waals surface area contributed by atoms with E-state index in [-0.39, 0.29) is 18.0 Å². The molecule has 1 aliphatic heterocycles. The molecule has 0 spiro atoms. The summed E-state index contributed by atoms with van der Waals surface area (Å²) >= 11 is 0. The maximum Gasteiger partial charge on any atom is 0.175 e. The number of benzene rings is 2. The van der Waals surface area contributed by atoms with Gasteiger partial charge < -0.3 is 15.2 Å². The van der Waals surface area contributed by atoms with Crippen molar-refractivity contribution in [2.24, 2.45) is 0 Å². The molecule has 0 aromatic heterocycles. The van der Waals surface area contributed by atoms with Crippen LogP contribution < -0.4 is 10.1 Å². The molecule has 0 amide bonds. The van der Waals surface area contributed by atoms with Crippen LogP contribution in [-0.4, -0.2) is 33.4 Å². The molecule has 2 aromatic carbocycles. The van der Waals surface area contributed by atoms with Gasteiger partial charge in [-0.25, -0.2) is 8.42 Å². The zero-order valence-electron chi connectivity index (χ0n) is 13.0. The van der Waals surface area contributed by atoms with Crippen molar-refractivity contribution in [1.82, 2.24) is 5.32 Å². The zero-order chi connectivity index (χ0) is 16.7. The van der Waals surface area contributed by atoms with Crippen molar-refractivity contribution in [2.75, 3.05) is 19.8 Å². The van der Waals surface area contributed by atoms with E-state index in [0.29, 0.717) is 16.9 Å². The molecule has 2 N–H and O–H groups in total. The number of fused-ring (bicyclic) bond motifs is 2. The Kier molecular flexibility index (Phi) is 3.91. The summed E-state index contributed by atoms with van der Waals surface area (Å²) in [5.41, 5.74) is 0.586. The van der Waals surface area contributed by atoms with Crippen LogP contribution in [0.2, 0.25) is 0 Å². The number of aliphatic hydroxyl groups is 1. The molecule has 2 aromatic rings. The van der Waals surface area contributed by atoms with Gasteiger partial charge >= 0.3 is 0 Å². The van der Waals surface area contributed by atoms with Gasteiger partial charge in [-0.15, -0.1) is 0 Å². The zero-order valence-corrected chi connectivity index (χ0v) is 13.9. The number of ether oxygens (including phenoxy) is 1. The first-order chi connectivity index (χ1) is 10.9. The van der Waals surface area contributed by atoms with Crippen molar-refractivity contribution in [3.8, 4) is 5.75 Å². The first-order valence-electron chi connectivity index (χ1n) is 7.29. The summed E-state index contributed by atoms with van der Waals surface area (Å²) in [6, 6.07) is 12.1. The molecule has 0 saturated carbocycles. The molecule has 0 bridgehead atoms. The molecule has 1 heterocycles. The lowest BCUT2D eigenvalue weighted by Gasteiger charge is -2.30. The Bertz CT molecular complexity index is 847. The van der Waals surface area contributed by atoms with Crippen LogP contribution in [0.15, 0.2) is 47.4 Å². The second kappa shape index (κ2) is 5.63. The number of rotatable bonds is 3. The normalized spacial score (nSPS) is 20.1. The van der Waals surface area contributed by atoms with Gasteiger partial charge in [0, 0.05) is 18.4 Å². The van der Waals surface area contributed by atoms with Crippen molar-refractivity contribution in [2.45, 2.75) is 17.1 Å². The number of nitrogens with one attached hydrogen (secondary N) is 1. The van der Waals surface area contributed by atoms with Crippen LogP contribution in [0.1, 0.15) is 16.7 Å². The molecular weight excluding hydrogens is 314 g/mol. The van der Waals surface area contributed by atoms with Crippen LogP contribution in [-0.2, 0) is 22.0 Å². The average Bonchev–Trinajstić information content (AvgIpc) is 2.63. The van der Waals surface area contributed by atoms with E-state index >= 15 is 0 Å². The van der Waals surface area contributed by atoms with Gasteiger partial charge in [0.2, 0.25) is 0 Å². The lowest BCUT2D eigenvalue weighted by atomic mass is 9.84. The number of likely N-dealkylation sites (N-methyl/N-ethyl adjacent to an activating group) is 1. The average molecular weight is 333 g/mol. The number of hydrogen-bond donors (Lipinski definition) is 2. The van der Waals surface area contributed by atoms with E-state index in [9.17, 15) is 13.5 Å². The standard InChI is InChI=1S/C17H19NO4S/c1-18-11-17(19)14-5-3-4-6-16(14)22-10-12-7-8-13(9-15(12)17)23(2,20)21/h3-9,18-19H,10-11H2,1-2H3. The molecule has 0 aliphatic carbocycles. The number of sulfone groups is 1. The molecule has 3 rings (SSSR count). The van der Waals surface area contributed by atoms with Gasteiger partial charge in [0.25, 0.3) is 0 Å². The van der Waals surface area contributed by atoms with Crippen molar-refractivity contribution in [3.05, 3.63) is 59.2 Å². The third-order valence-corrected chi connectivity index (χ3v) is 5.21. The molecule has 0 radical (unpaired) electrons. The highest BCUT2D eigenvalue weighted by Crippen LogP contribution is 2.40. The summed E-state index contributed by atoms with van der Waals surface area (Å²) in [5, 5.41) is 14.4. The maximum absolute atomic E-state index is 11.9. The van der Waals surface area contributed by atoms with Gasteiger partial charge in [0.05, 0.1) is 4.90 Å². The van der Waals surface area contributed by atoms with E-state index in [0.717, 1.165) is 11.8 Å². The molecule has 0 fully saturated rings. The van der Waals surface area contributed by atoms with Crippen LogP contribution in [0, 0.1) is 0 Å². The minimum atomic E-state index is -3.36. The van der Waals surface area contributed by atoms with E-state index in [1.165, 1.54) is 0 Å². The first kappa shape index (κ1) is 16.0. The molecule has 6 heteroatoms. The maximum atomic E-state index is 11.9. The predicted octanol–water partition coefficient (Wildman–Crippen LogP) is 1.44. The van der Waals surface area contributed by atoms with Gasteiger partial charge in [-0.1, -0.05) is 24.3 Å². The summed E-state index contributed by atoms with van der Waals surface area (Å²) in [6.45, 7) is 0.524. The minimum absolute atomic E-state index is 0.185. The highest BCUT2D eigenvalue weighted by Gasteiger charge is 2.38. The Morgan fingerprint density at radius 2 is 1.96 bits per heavy atom. The lowest BCUT2D eigenvalue weighted by Crippen LogP contribution is -2.38. The van der Waals surface area contributed by atoms with E-state index in [1.54, 1.807) is 37.4 Å². The van der Waals surface area contributed by atoms with Crippen molar-refractivity contribution < 1.29 is 18.3 Å². The number of para-hydroxylation sites is 1. The molecule has 1 atom stereocenters. The Hall–Kier alpha value is -1.89. The molecule has 122 valence electrons. The summed E-state index contributed by atoms with van der Waals surface area (Å²) in [6.07, 6.45) is 1.16. The van der Waals surface area contributed by atoms with Crippen LogP contribution in [0.5, 0.6) is 5.75 Å². The quantitative estimate of drug-likeness (QED) is 0.889. The third-order valence-electron chi connectivity index (χ3n) is 4.10. The van der Waals surface area contributed by atoms with Crippen molar-refractivity contribution >= 4 is 9.84 Å². The van der Waals surface area contributed by atoms with Gasteiger partial charge in [0.1, 0.15) is 18.0 Å². The number of hydrogen-bond acceptors (Lipinski definition) is 5. The topological polar surface area (TPSA) is 75.6 Å². The van der Waals surface area contributed by atoms with E-state index in [4.69, 9.17) is 4.74 Å². The minimum Gasteiger partial charge on any atom is -0.488 e. The summed E-state index contributed by atoms with van der Waals surface area (Å²) in [5.74, 6) is 0.599. The van der Waals surface area contributed by atoms with Crippen molar-refractivity contribution in [3.63, 3.8) is 0 Å². The van der Waals surface area contributed by atoms with Crippen LogP contribution >= 0.6 is 0 Å². The van der Waals surface area contributed by atoms with Gasteiger partial charge in [-0.2, -0.15) is 0 Å². The van der Waals surface area contributed by atoms with Gasteiger partial charge in [-0.3, -0.25) is 0 Å². The highest BCUT2D eigenvalue weighted by atomic mass is 32.2. The van der Waals surface area contributed by atoms with Crippen molar-refractivity contribution in [1.29, 1.82) is 0 Å². The largest absolute Gasteiger partial charge is 0.488 e. The Morgan fingerprint density at radius 1 is 1.22 bits per heavy atom. The van der Waals surface area contributed by atoms with E-state index in [1.807, 2.05) is 12.1 Å². The summed E-state index contributed by atoms with van der Waals surface area (Å²) < 4.78 is 29.6. The Morgan fingerprint density at radius 3 is 2.65 bits per heavy atom. The molecule has 1 aliphatic rings. The molecule has 0 saturated heterocycles. The van der Waals surface area contributed by atoms with E-state index < -0.39 is 15.4 Å². The van der Waals surface area contributed by atoms with Gasteiger partial charge in [0.15, 0.2) is 9.84 Å². The molecule has 5 nitrogen and oxygen atoms in total. The predicted molar refractivity (Wildman–Crippen MR) is 87.3 cm³/mol.